The van der Waals surface area contributed by atoms with Gasteiger partial charge in [0.15, 0.2) is 0 Å². The molecule has 3 heteroatoms. The molecule has 1 atom stereocenters. The average molecular weight is 154 g/mol. The molecule has 0 amide bonds. The Balaban J connectivity index is 2.95. The van der Waals surface area contributed by atoms with Crippen molar-refractivity contribution in [3.63, 3.8) is 0 Å². The van der Waals surface area contributed by atoms with Crippen LogP contribution in [0.3, 0.4) is 0 Å². The molecule has 62 valence electrons. The topological polar surface area (TPSA) is 52.0 Å². The lowest BCUT2D eigenvalue weighted by Crippen LogP contribution is -2.05. The first-order valence-electron chi connectivity index (χ1n) is 3.87. The van der Waals surface area contributed by atoms with E-state index in [1.54, 1.807) is 0 Å². The molecule has 3 nitrogen and oxygen atoms in total. The maximum absolute atomic E-state index is 5.59. The van der Waals surface area contributed by atoms with E-state index in [1.807, 2.05) is 13.8 Å². The van der Waals surface area contributed by atoms with E-state index in [4.69, 9.17) is 10.2 Å². The van der Waals surface area contributed by atoms with Gasteiger partial charge in [-0.25, -0.2) is 4.98 Å². The van der Waals surface area contributed by atoms with E-state index >= 15 is 0 Å². The third kappa shape index (κ3) is 1.60. The molecule has 1 rings (SSSR count). The standard InChI is InChI=1S/C8H14N2O/c1-4-7-6(3)11-8(10-7)5(2)9/h5H,4,9H2,1-3H3. The van der Waals surface area contributed by atoms with Crippen LogP contribution in [0.4, 0.5) is 0 Å². The van der Waals surface area contributed by atoms with Crippen LogP contribution < -0.4 is 5.73 Å². The molecule has 0 aliphatic rings. The number of aryl methyl sites for hydroxylation is 2. The van der Waals surface area contributed by atoms with Gasteiger partial charge in [-0.1, -0.05) is 6.92 Å². The molecule has 0 saturated carbocycles. The van der Waals surface area contributed by atoms with E-state index in [2.05, 4.69) is 11.9 Å². The highest BCUT2D eigenvalue weighted by Crippen LogP contribution is 2.14. The summed E-state index contributed by atoms with van der Waals surface area (Å²) in [4.78, 5) is 4.24. The van der Waals surface area contributed by atoms with Gasteiger partial charge in [-0.3, -0.25) is 0 Å². The summed E-state index contributed by atoms with van der Waals surface area (Å²) in [6.45, 7) is 5.83. The van der Waals surface area contributed by atoms with Gasteiger partial charge in [-0.15, -0.1) is 0 Å². The Bertz CT molecular complexity index is 240. The van der Waals surface area contributed by atoms with E-state index < -0.39 is 0 Å². The number of hydrogen-bond donors (Lipinski definition) is 1. The minimum Gasteiger partial charge on any atom is -0.444 e. The minimum absolute atomic E-state index is 0.103. The van der Waals surface area contributed by atoms with Gasteiger partial charge >= 0.3 is 0 Å². The number of oxazole rings is 1. The predicted octanol–water partition coefficient (Wildman–Crippen LogP) is 1.57. The highest BCUT2D eigenvalue weighted by molar-refractivity contribution is 5.08. The summed E-state index contributed by atoms with van der Waals surface area (Å²) in [7, 11) is 0. The van der Waals surface area contributed by atoms with Crippen molar-refractivity contribution in [2.45, 2.75) is 33.2 Å². The largest absolute Gasteiger partial charge is 0.444 e. The second kappa shape index (κ2) is 3.05. The Kier molecular flexibility index (Phi) is 2.29. The third-order valence-electron chi connectivity index (χ3n) is 1.63. The van der Waals surface area contributed by atoms with Crippen molar-refractivity contribution in [3.05, 3.63) is 17.3 Å². The molecule has 0 aliphatic heterocycles. The van der Waals surface area contributed by atoms with Gasteiger partial charge in [0.1, 0.15) is 5.76 Å². The van der Waals surface area contributed by atoms with Crippen molar-refractivity contribution in [2.24, 2.45) is 5.73 Å². The van der Waals surface area contributed by atoms with Gasteiger partial charge in [0.25, 0.3) is 0 Å². The molecule has 0 saturated heterocycles. The SMILES string of the molecule is CCc1nc(C(C)N)oc1C. The summed E-state index contributed by atoms with van der Waals surface area (Å²) in [5, 5.41) is 0. The zero-order chi connectivity index (χ0) is 8.43. The van der Waals surface area contributed by atoms with Crippen molar-refractivity contribution in [2.75, 3.05) is 0 Å². The van der Waals surface area contributed by atoms with Crippen molar-refractivity contribution >= 4 is 0 Å². The summed E-state index contributed by atoms with van der Waals surface area (Å²) in [6.07, 6.45) is 0.905. The van der Waals surface area contributed by atoms with Crippen LogP contribution in [0.5, 0.6) is 0 Å². The molecule has 0 aromatic carbocycles. The maximum Gasteiger partial charge on any atom is 0.211 e. The number of rotatable bonds is 2. The van der Waals surface area contributed by atoms with Crippen LogP contribution in [0.25, 0.3) is 0 Å². The molecule has 1 aromatic heterocycles. The molecule has 0 spiro atoms. The second-order valence-corrected chi connectivity index (χ2v) is 2.70. The first-order valence-corrected chi connectivity index (χ1v) is 3.87. The van der Waals surface area contributed by atoms with Crippen LogP contribution in [0, 0.1) is 6.92 Å². The van der Waals surface area contributed by atoms with Crippen LogP contribution in [-0.2, 0) is 6.42 Å². The van der Waals surface area contributed by atoms with Crippen LogP contribution in [0.15, 0.2) is 4.42 Å². The zero-order valence-electron chi connectivity index (χ0n) is 7.22. The molecule has 0 aliphatic carbocycles. The Morgan fingerprint density at radius 2 is 2.27 bits per heavy atom. The molecule has 1 unspecified atom stereocenters. The Hall–Kier alpha value is -0.830. The monoisotopic (exact) mass is 154 g/mol. The van der Waals surface area contributed by atoms with Gasteiger partial charge in [0.05, 0.1) is 11.7 Å². The number of hydrogen-bond acceptors (Lipinski definition) is 3. The normalized spacial score (nSPS) is 13.5. The van der Waals surface area contributed by atoms with Crippen LogP contribution in [-0.4, -0.2) is 4.98 Å². The van der Waals surface area contributed by atoms with E-state index in [1.165, 1.54) is 0 Å². The van der Waals surface area contributed by atoms with E-state index in [-0.39, 0.29) is 6.04 Å². The smallest absolute Gasteiger partial charge is 0.211 e. The Labute approximate surface area is 66.6 Å². The van der Waals surface area contributed by atoms with Gasteiger partial charge in [-0.05, 0) is 20.3 Å². The van der Waals surface area contributed by atoms with E-state index in [9.17, 15) is 0 Å². The fraction of sp³-hybridized carbons (Fsp3) is 0.625. The summed E-state index contributed by atoms with van der Waals surface area (Å²) in [5.41, 5.74) is 6.61. The first kappa shape index (κ1) is 8.27. The van der Waals surface area contributed by atoms with E-state index in [0.29, 0.717) is 5.89 Å². The second-order valence-electron chi connectivity index (χ2n) is 2.70. The fourth-order valence-corrected chi connectivity index (χ4v) is 0.973. The van der Waals surface area contributed by atoms with Crippen molar-refractivity contribution in [1.82, 2.24) is 4.98 Å². The Morgan fingerprint density at radius 1 is 1.64 bits per heavy atom. The molecule has 0 radical (unpaired) electrons. The van der Waals surface area contributed by atoms with Crippen LogP contribution >= 0.6 is 0 Å². The quantitative estimate of drug-likeness (QED) is 0.703. The molecular formula is C8H14N2O. The van der Waals surface area contributed by atoms with Crippen molar-refractivity contribution < 1.29 is 4.42 Å². The number of nitrogens with two attached hydrogens (primary N) is 1. The molecule has 1 aromatic rings. The highest BCUT2D eigenvalue weighted by atomic mass is 16.4. The fourth-order valence-electron chi connectivity index (χ4n) is 0.973. The molecule has 0 fully saturated rings. The molecule has 1 heterocycles. The van der Waals surface area contributed by atoms with Gasteiger partial charge in [0.2, 0.25) is 5.89 Å². The summed E-state index contributed by atoms with van der Waals surface area (Å²) in [6, 6.07) is -0.103. The minimum atomic E-state index is -0.103. The lowest BCUT2D eigenvalue weighted by molar-refractivity contribution is 0.443. The maximum atomic E-state index is 5.59. The molecule has 2 N–H and O–H groups in total. The van der Waals surface area contributed by atoms with Crippen molar-refractivity contribution in [1.29, 1.82) is 0 Å². The predicted molar refractivity (Wildman–Crippen MR) is 43.2 cm³/mol. The molecular weight excluding hydrogens is 140 g/mol. The van der Waals surface area contributed by atoms with Crippen LogP contribution in [0.1, 0.15) is 37.2 Å². The van der Waals surface area contributed by atoms with Gasteiger partial charge in [-0.2, -0.15) is 0 Å². The Morgan fingerprint density at radius 3 is 2.55 bits per heavy atom. The zero-order valence-corrected chi connectivity index (χ0v) is 7.22. The van der Waals surface area contributed by atoms with E-state index in [0.717, 1.165) is 17.9 Å². The highest BCUT2D eigenvalue weighted by Gasteiger charge is 2.10. The lowest BCUT2D eigenvalue weighted by atomic mass is 10.3. The molecule has 11 heavy (non-hydrogen) atoms. The van der Waals surface area contributed by atoms with Gasteiger partial charge in [0, 0.05) is 0 Å². The lowest BCUT2D eigenvalue weighted by Gasteiger charge is -1.94. The van der Waals surface area contributed by atoms with Gasteiger partial charge < -0.3 is 10.2 Å². The van der Waals surface area contributed by atoms with Crippen LogP contribution in [0.2, 0.25) is 0 Å². The molecule has 0 bridgehead atoms. The summed E-state index contributed by atoms with van der Waals surface area (Å²) >= 11 is 0. The third-order valence-corrected chi connectivity index (χ3v) is 1.63. The summed E-state index contributed by atoms with van der Waals surface area (Å²) in [5.74, 6) is 1.53. The number of aromatic nitrogens is 1. The summed E-state index contributed by atoms with van der Waals surface area (Å²) < 4.78 is 5.33. The number of nitrogens with zero attached hydrogens (tertiary/aromatic N) is 1. The average Bonchev–Trinajstić information content (AvgIpc) is 2.31. The first-order chi connectivity index (χ1) is 5.15. The van der Waals surface area contributed by atoms with Crippen molar-refractivity contribution in [3.8, 4) is 0 Å².